The van der Waals surface area contributed by atoms with Crippen molar-refractivity contribution < 1.29 is 14.3 Å². The van der Waals surface area contributed by atoms with E-state index in [9.17, 15) is 14.3 Å². The third-order valence-electron chi connectivity index (χ3n) is 5.18. The largest absolute Gasteiger partial charge is 0.394 e. The molecular weight excluding hydrogens is 413 g/mol. The minimum Gasteiger partial charge on any atom is -0.394 e. The predicted molar refractivity (Wildman–Crippen MR) is 118 cm³/mol. The van der Waals surface area contributed by atoms with Crippen LogP contribution in [0.15, 0.2) is 60.7 Å². The van der Waals surface area contributed by atoms with E-state index in [1.807, 2.05) is 6.07 Å². The lowest BCUT2D eigenvalue weighted by Crippen LogP contribution is -2.32. The van der Waals surface area contributed by atoms with Crippen molar-refractivity contribution in [2.75, 3.05) is 19.0 Å². The first kappa shape index (κ1) is 21.2. The maximum Gasteiger partial charge on any atom is 0.329 e. The first-order valence-electron chi connectivity index (χ1n) is 9.91. The molecule has 9 nitrogen and oxygen atoms in total. The summed E-state index contributed by atoms with van der Waals surface area (Å²) < 4.78 is 15.2. The number of carbonyl (C=O) groups excluding carboxylic acids is 1. The van der Waals surface area contributed by atoms with Crippen LogP contribution in [0.4, 0.5) is 15.1 Å². The van der Waals surface area contributed by atoms with Gasteiger partial charge in [0.15, 0.2) is 0 Å². The minimum atomic E-state index is -0.642. The minimum absolute atomic E-state index is 0.280. The summed E-state index contributed by atoms with van der Waals surface area (Å²) in [4.78, 5) is 23.2. The average Bonchev–Trinajstić information content (AvgIpc) is 3.34. The van der Waals surface area contributed by atoms with Gasteiger partial charge in [-0.1, -0.05) is 12.1 Å². The second-order valence-corrected chi connectivity index (χ2v) is 7.14. The molecule has 1 aliphatic rings. The van der Waals surface area contributed by atoms with Crippen molar-refractivity contribution in [3.8, 4) is 11.3 Å². The number of amides is 1. The van der Waals surface area contributed by atoms with Crippen molar-refractivity contribution in [2.45, 2.75) is 12.6 Å². The molecule has 4 rings (SSSR count). The lowest BCUT2D eigenvalue weighted by Gasteiger charge is -2.26. The number of rotatable bonds is 8. The zero-order valence-corrected chi connectivity index (χ0v) is 17.3. The van der Waals surface area contributed by atoms with Crippen LogP contribution < -0.4 is 10.6 Å². The molecule has 3 aromatic rings. The Morgan fingerprint density at radius 2 is 2.22 bits per heavy atom. The van der Waals surface area contributed by atoms with Gasteiger partial charge in [0.25, 0.3) is 0 Å². The van der Waals surface area contributed by atoms with Gasteiger partial charge in [-0.05, 0) is 35.9 Å². The number of nitrogens with zero attached hydrogens (tertiary/aromatic N) is 4. The number of benzene rings is 1. The molecular formula is C22H22FN7O2. The van der Waals surface area contributed by atoms with Crippen LogP contribution in [0.5, 0.6) is 0 Å². The van der Waals surface area contributed by atoms with Gasteiger partial charge in [-0.3, -0.25) is 4.57 Å². The van der Waals surface area contributed by atoms with E-state index in [1.165, 1.54) is 27.7 Å². The van der Waals surface area contributed by atoms with E-state index in [0.29, 0.717) is 23.0 Å². The van der Waals surface area contributed by atoms with E-state index in [-0.39, 0.29) is 19.2 Å². The Hall–Kier alpha value is -4.05. The topological polar surface area (TPSA) is 119 Å². The van der Waals surface area contributed by atoms with Gasteiger partial charge in [-0.25, -0.2) is 19.2 Å². The van der Waals surface area contributed by atoms with Crippen LogP contribution in [0.3, 0.4) is 0 Å². The Morgan fingerprint density at radius 3 is 2.91 bits per heavy atom. The van der Waals surface area contributed by atoms with Gasteiger partial charge < -0.3 is 26.0 Å². The fourth-order valence-electron chi connectivity index (χ4n) is 3.64. The monoisotopic (exact) mass is 435 g/mol. The molecule has 2 aromatic heterocycles. The molecule has 0 aliphatic carbocycles. The maximum atomic E-state index is 13.6. The van der Waals surface area contributed by atoms with E-state index in [4.69, 9.17) is 5.41 Å². The van der Waals surface area contributed by atoms with Crippen molar-refractivity contribution in [3.63, 3.8) is 0 Å². The molecule has 10 heteroatoms. The van der Waals surface area contributed by atoms with Crippen LogP contribution in [-0.2, 0) is 6.54 Å². The molecule has 1 unspecified atom stereocenters. The SMILES string of the molecule is CN/C(=C\C=N)Nc1nccc(-c2cc3n(c2)C(=O)N(C(CO)c2cccc(F)c2)C3)n1. The van der Waals surface area contributed by atoms with Crippen LogP contribution >= 0.6 is 0 Å². The molecule has 0 saturated carbocycles. The Kier molecular flexibility index (Phi) is 5.95. The molecule has 0 radical (unpaired) electrons. The van der Waals surface area contributed by atoms with Gasteiger partial charge in [-0.2, -0.15) is 0 Å². The van der Waals surface area contributed by atoms with Gasteiger partial charge in [0.1, 0.15) is 11.6 Å². The number of fused-ring (bicyclic) bond motifs is 1. The number of carbonyl (C=O) groups is 1. The summed E-state index contributed by atoms with van der Waals surface area (Å²) in [7, 11) is 1.71. The summed E-state index contributed by atoms with van der Waals surface area (Å²) in [6.45, 7) is -0.0341. The Bertz CT molecular complexity index is 1190. The number of anilines is 1. The third-order valence-corrected chi connectivity index (χ3v) is 5.18. The lowest BCUT2D eigenvalue weighted by atomic mass is 10.1. The third kappa shape index (κ3) is 4.08. The van der Waals surface area contributed by atoms with Crippen LogP contribution in [0, 0.1) is 11.2 Å². The zero-order valence-electron chi connectivity index (χ0n) is 17.3. The number of nitrogens with one attached hydrogen (secondary N) is 3. The van der Waals surface area contributed by atoms with Crippen molar-refractivity contribution in [1.82, 2.24) is 24.8 Å². The van der Waals surface area contributed by atoms with Crippen LogP contribution in [-0.4, -0.2) is 50.4 Å². The highest BCUT2D eigenvalue weighted by Gasteiger charge is 2.34. The van der Waals surface area contributed by atoms with Gasteiger partial charge in [0, 0.05) is 36.9 Å². The summed E-state index contributed by atoms with van der Waals surface area (Å²) in [6.07, 6.45) is 5.97. The Balaban J connectivity index is 1.57. The van der Waals surface area contributed by atoms with E-state index in [2.05, 4.69) is 20.6 Å². The summed E-state index contributed by atoms with van der Waals surface area (Å²) >= 11 is 0. The van der Waals surface area contributed by atoms with Crippen molar-refractivity contribution in [2.24, 2.45) is 0 Å². The van der Waals surface area contributed by atoms with Crippen molar-refractivity contribution >= 4 is 18.2 Å². The first-order chi connectivity index (χ1) is 15.5. The quantitative estimate of drug-likeness (QED) is 0.404. The van der Waals surface area contributed by atoms with Crippen LogP contribution in [0.1, 0.15) is 17.3 Å². The van der Waals surface area contributed by atoms with Crippen molar-refractivity contribution in [3.05, 3.63) is 77.8 Å². The van der Waals surface area contributed by atoms with E-state index >= 15 is 0 Å². The molecule has 1 aliphatic heterocycles. The average molecular weight is 435 g/mol. The van der Waals surface area contributed by atoms with Crippen molar-refractivity contribution in [1.29, 1.82) is 5.41 Å². The maximum absolute atomic E-state index is 13.6. The molecule has 0 bridgehead atoms. The molecule has 0 fully saturated rings. The highest BCUT2D eigenvalue weighted by atomic mass is 19.1. The highest BCUT2D eigenvalue weighted by Crippen LogP contribution is 2.32. The second-order valence-electron chi connectivity index (χ2n) is 7.14. The number of hydrogen-bond donors (Lipinski definition) is 4. The molecule has 32 heavy (non-hydrogen) atoms. The van der Waals surface area contributed by atoms with Gasteiger partial charge in [0.2, 0.25) is 5.95 Å². The Morgan fingerprint density at radius 1 is 1.38 bits per heavy atom. The second kappa shape index (κ2) is 8.98. The molecule has 164 valence electrons. The van der Waals surface area contributed by atoms with Crippen LogP contribution in [0.25, 0.3) is 11.3 Å². The Labute approximate surface area is 183 Å². The number of hydrogen-bond acceptors (Lipinski definition) is 7. The highest BCUT2D eigenvalue weighted by molar-refractivity contribution is 5.83. The molecule has 1 atom stereocenters. The normalized spacial score (nSPS) is 14.3. The van der Waals surface area contributed by atoms with E-state index < -0.39 is 11.9 Å². The summed E-state index contributed by atoms with van der Waals surface area (Å²) in [5.41, 5.74) is 2.65. The number of aromatic nitrogens is 3. The molecule has 1 aromatic carbocycles. The smallest absolute Gasteiger partial charge is 0.329 e. The first-order valence-corrected chi connectivity index (χ1v) is 9.91. The predicted octanol–water partition coefficient (Wildman–Crippen LogP) is 2.72. The molecule has 0 spiro atoms. The molecule has 4 N–H and O–H groups in total. The lowest BCUT2D eigenvalue weighted by molar-refractivity contribution is 0.141. The van der Waals surface area contributed by atoms with Gasteiger partial charge in [-0.15, -0.1) is 0 Å². The van der Waals surface area contributed by atoms with E-state index in [0.717, 1.165) is 17.5 Å². The number of allylic oxidation sites excluding steroid dienone is 1. The zero-order chi connectivity index (χ0) is 22.7. The number of aliphatic hydroxyl groups is 1. The van der Waals surface area contributed by atoms with Gasteiger partial charge in [0.05, 0.1) is 24.9 Å². The summed E-state index contributed by atoms with van der Waals surface area (Å²) in [5, 5.41) is 23.0. The molecule has 0 saturated heterocycles. The summed E-state index contributed by atoms with van der Waals surface area (Å²) in [5.74, 6) is 0.491. The number of aliphatic hydroxyl groups excluding tert-OH is 1. The van der Waals surface area contributed by atoms with Crippen LogP contribution in [0.2, 0.25) is 0 Å². The summed E-state index contributed by atoms with van der Waals surface area (Å²) in [6, 6.07) is 8.56. The van der Waals surface area contributed by atoms with E-state index in [1.54, 1.807) is 37.6 Å². The number of halogens is 1. The molecule has 1 amide bonds. The molecule has 3 heterocycles. The van der Waals surface area contributed by atoms with Gasteiger partial charge >= 0.3 is 6.03 Å². The fourth-order valence-corrected chi connectivity index (χ4v) is 3.64. The standard InChI is InChI=1S/C22H22FN7O2/c1-25-20(5-7-24)28-21-26-8-6-18(27-21)15-10-17-12-30(22(32)29(17)11-15)19(13-31)14-3-2-4-16(23)9-14/h2-11,19,24-25,31H,12-13H2,1H3,(H,26,27,28)/b20-5+,24-7?. The fraction of sp³-hybridized carbons (Fsp3) is 0.182.